The average Bonchev–Trinajstić information content (AvgIpc) is 2.31. The Labute approximate surface area is 104 Å². The van der Waals surface area contributed by atoms with Crippen LogP contribution in [0, 0.1) is 0 Å². The number of methoxy groups -OCH3 is 1. The van der Waals surface area contributed by atoms with Crippen LogP contribution in [0.25, 0.3) is 0 Å². The molecule has 5 heteroatoms. The van der Waals surface area contributed by atoms with Crippen LogP contribution in [0.1, 0.15) is 20.8 Å². The van der Waals surface area contributed by atoms with Gasteiger partial charge in [0, 0.05) is 38.8 Å². The Morgan fingerprint density at radius 3 is 2.94 bits per heavy atom. The number of hydrogen-bond acceptors (Lipinski definition) is 4. The molecule has 0 saturated carbocycles. The molecule has 2 N–H and O–H groups in total. The lowest BCUT2D eigenvalue weighted by Gasteiger charge is -2.40. The van der Waals surface area contributed by atoms with Crippen LogP contribution in [0.3, 0.4) is 0 Å². The molecule has 100 valence electrons. The summed E-state index contributed by atoms with van der Waals surface area (Å²) in [7, 11) is 1.63. The molecule has 0 radical (unpaired) electrons. The number of ether oxygens (including phenoxy) is 1. The molecule has 1 heterocycles. The Kier molecular flexibility index (Phi) is 5.88. The van der Waals surface area contributed by atoms with Gasteiger partial charge in [0.15, 0.2) is 0 Å². The Morgan fingerprint density at radius 1 is 1.59 bits per heavy atom. The molecule has 0 aromatic rings. The zero-order valence-electron chi connectivity index (χ0n) is 11.3. The van der Waals surface area contributed by atoms with Crippen molar-refractivity contribution in [3.8, 4) is 0 Å². The van der Waals surface area contributed by atoms with E-state index in [1.807, 2.05) is 6.92 Å². The van der Waals surface area contributed by atoms with Gasteiger partial charge in [0.05, 0.1) is 12.6 Å². The molecule has 1 rings (SSSR count). The first-order chi connectivity index (χ1) is 8.06. The molecule has 0 bridgehead atoms. The van der Waals surface area contributed by atoms with Gasteiger partial charge in [0.2, 0.25) is 5.91 Å². The van der Waals surface area contributed by atoms with Gasteiger partial charge >= 0.3 is 0 Å². The predicted molar refractivity (Wildman–Crippen MR) is 68.0 cm³/mol. The smallest absolute Gasteiger partial charge is 0.237 e. The second-order valence-electron chi connectivity index (χ2n) is 4.81. The third-order valence-electron chi connectivity index (χ3n) is 3.29. The highest BCUT2D eigenvalue weighted by Gasteiger charge is 2.29. The Morgan fingerprint density at radius 2 is 2.29 bits per heavy atom. The molecule has 1 fully saturated rings. The van der Waals surface area contributed by atoms with Crippen LogP contribution in [-0.4, -0.2) is 62.3 Å². The zero-order valence-corrected chi connectivity index (χ0v) is 11.3. The first kappa shape index (κ1) is 14.4. The maximum atomic E-state index is 11.9. The standard InChI is InChI=1S/C12H25N3O2/c1-9-8-15(10(2)7-14-9)11(3)12(16)13-5-6-17-4/h9-11,14H,5-8H2,1-4H3,(H,13,16). The van der Waals surface area contributed by atoms with Crippen LogP contribution >= 0.6 is 0 Å². The van der Waals surface area contributed by atoms with Crippen LogP contribution in [0.2, 0.25) is 0 Å². The Bertz CT molecular complexity index is 248. The van der Waals surface area contributed by atoms with E-state index in [1.165, 1.54) is 0 Å². The summed E-state index contributed by atoms with van der Waals surface area (Å²) in [5, 5.41) is 6.30. The fraction of sp³-hybridized carbons (Fsp3) is 0.917. The van der Waals surface area contributed by atoms with Crippen molar-refractivity contribution in [2.24, 2.45) is 0 Å². The van der Waals surface area contributed by atoms with Crippen molar-refractivity contribution >= 4 is 5.91 Å². The maximum Gasteiger partial charge on any atom is 0.237 e. The van der Waals surface area contributed by atoms with Crippen LogP contribution in [0.15, 0.2) is 0 Å². The minimum atomic E-state index is -0.0774. The molecule has 0 spiro atoms. The summed E-state index contributed by atoms with van der Waals surface area (Å²) in [6.07, 6.45) is 0. The first-order valence-corrected chi connectivity index (χ1v) is 6.32. The van der Waals surface area contributed by atoms with E-state index in [0.29, 0.717) is 25.2 Å². The summed E-state index contributed by atoms with van der Waals surface area (Å²) in [5.41, 5.74) is 0. The maximum absolute atomic E-state index is 11.9. The Balaban J connectivity index is 2.43. The second kappa shape index (κ2) is 6.93. The minimum Gasteiger partial charge on any atom is -0.383 e. The fourth-order valence-electron chi connectivity index (χ4n) is 2.16. The minimum absolute atomic E-state index is 0.0774. The third-order valence-corrected chi connectivity index (χ3v) is 3.29. The van der Waals surface area contributed by atoms with Crippen molar-refractivity contribution < 1.29 is 9.53 Å². The highest BCUT2D eigenvalue weighted by molar-refractivity contribution is 5.81. The van der Waals surface area contributed by atoms with Gasteiger partial charge in [-0.25, -0.2) is 0 Å². The summed E-state index contributed by atoms with van der Waals surface area (Å²) in [6, 6.07) is 0.765. The molecule has 0 aliphatic carbocycles. The van der Waals surface area contributed by atoms with Crippen molar-refractivity contribution in [3.05, 3.63) is 0 Å². The van der Waals surface area contributed by atoms with Crippen molar-refractivity contribution in [1.29, 1.82) is 0 Å². The van der Waals surface area contributed by atoms with Crippen LogP contribution in [-0.2, 0) is 9.53 Å². The number of rotatable bonds is 5. The van der Waals surface area contributed by atoms with E-state index >= 15 is 0 Å². The normalized spacial score (nSPS) is 27.8. The van der Waals surface area contributed by atoms with Crippen LogP contribution in [0.4, 0.5) is 0 Å². The van der Waals surface area contributed by atoms with E-state index in [9.17, 15) is 4.79 Å². The SMILES string of the molecule is COCCNC(=O)C(C)N1CC(C)NCC1C. The first-order valence-electron chi connectivity index (χ1n) is 6.32. The zero-order chi connectivity index (χ0) is 12.8. The quantitative estimate of drug-likeness (QED) is 0.658. The topological polar surface area (TPSA) is 53.6 Å². The predicted octanol–water partition coefficient (Wildman–Crippen LogP) is -0.180. The molecular formula is C12H25N3O2. The van der Waals surface area contributed by atoms with Crippen molar-refractivity contribution in [3.63, 3.8) is 0 Å². The van der Waals surface area contributed by atoms with Gasteiger partial charge in [-0.15, -0.1) is 0 Å². The molecule has 1 aliphatic rings. The highest BCUT2D eigenvalue weighted by atomic mass is 16.5. The molecule has 0 aromatic heterocycles. The molecule has 1 saturated heterocycles. The summed E-state index contributed by atoms with van der Waals surface area (Å²) in [6.45, 7) is 9.27. The second-order valence-corrected chi connectivity index (χ2v) is 4.81. The van der Waals surface area contributed by atoms with E-state index in [0.717, 1.165) is 13.1 Å². The van der Waals surface area contributed by atoms with E-state index in [4.69, 9.17) is 4.74 Å². The molecule has 17 heavy (non-hydrogen) atoms. The van der Waals surface area contributed by atoms with E-state index in [1.54, 1.807) is 7.11 Å². The molecule has 1 aliphatic heterocycles. The van der Waals surface area contributed by atoms with Gasteiger partial charge in [-0.1, -0.05) is 0 Å². The van der Waals surface area contributed by atoms with E-state index in [-0.39, 0.29) is 11.9 Å². The summed E-state index contributed by atoms with van der Waals surface area (Å²) in [5.74, 6) is 0.0861. The summed E-state index contributed by atoms with van der Waals surface area (Å²) in [4.78, 5) is 14.2. The van der Waals surface area contributed by atoms with Gasteiger partial charge in [0.1, 0.15) is 0 Å². The monoisotopic (exact) mass is 243 g/mol. The number of carbonyl (C=O) groups is 1. The van der Waals surface area contributed by atoms with Crippen LogP contribution in [0.5, 0.6) is 0 Å². The van der Waals surface area contributed by atoms with Gasteiger partial charge in [0.25, 0.3) is 0 Å². The van der Waals surface area contributed by atoms with Gasteiger partial charge in [-0.2, -0.15) is 0 Å². The highest BCUT2D eigenvalue weighted by Crippen LogP contribution is 2.11. The number of piperazine rings is 1. The lowest BCUT2D eigenvalue weighted by atomic mass is 10.1. The summed E-state index contributed by atoms with van der Waals surface area (Å²) >= 11 is 0. The van der Waals surface area contributed by atoms with Gasteiger partial charge in [-0.05, 0) is 20.8 Å². The summed E-state index contributed by atoms with van der Waals surface area (Å²) < 4.78 is 4.92. The van der Waals surface area contributed by atoms with Gasteiger partial charge < -0.3 is 15.4 Å². The molecule has 3 atom stereocenters. The van der Waals surface area contributed by atoms with Crippen molar-refractivity contribution in [1.82, 2.24) is 15.5 Å². The number of nitrogens with zero attached hydrogens (tertiary/aromatic N) is 1. The fourth-order valence-corrected chi connectivity index (χ4v) is 2.16. The van der Waals surface area contributed by atoms with Crippen molar-refractivity contribution in [2.45, 2.75) is 38.9 Å². The number of carbonyl (C=O) groups excluding carboxylic acids is 1. The van der Waals surface area contributed by atoms with Crippen LogP contribution < -0.4 is 10.6 Å². The van der Waals surface area contributed by atoms with E-state index < -0.39 is 0 Å². The number of nitrogens with one attached hydrogen (secondary N) is 2. The third kappa shape index (κ3) is 4.26. The number of hydrogen-bond donors (Lipinski definition) is 2. The number of amides is 1. The lowest BCUT2D eigenvalue weighted by molar-refractivity contribution is -0.127. The molecule has 3 unspecified atom stereocenters. The lowest BCUT2D eigenvalue weighted by Crippen LogP contribution is -2.60. The van der Waals surface area contributed by atoms with Gasteiger partial charge in [-0.3, -0.25) is 9.69 Å². The molecule has 1 amide bonds. The largest absolute Gasteiger partial charge is 0.383 e. The molecule has 5 nitrogen and oxygen atoms in total. The molecule has 0 aromatic carbocycles. The van der Waals surface area contributed by atoms with Crippen molar-refractivity contribution in [2.75, 3.05) is 33.4 Å². The average molecular weight is 243 g/mol. The van der Waals surface area contributed by atoms with E-state index in [2.05, 4.69) is 29.4 Å². The Hall–Kier alpha value is -0.650. The molecular weight excluding hydrogens is 218 g/mol.